The van der Waals surface area contributed by atoms with Crippen molar-refractivity contribution in [3.05, 3.63) is 100 Å². The third-order valence-corrected chi connectivity index (χ3v) is 4.97. The molecule has 0 aliphatic rings. The van der Waals surface area contributed by atoms with Crippen LogP contribution in [0.25, 0.3) is 10.9 Å². The molecule has 162 valence electrons. The van der Waals surface area contributed by atoms with Gasteiger partial charge in [0.15, 0.2) is 0 Å². The zero-order valence-corrected chi connectivity index (χ0v) is 17.3. The Balaban J connectivity index is 1.64. The Morgan fingerprint density at radius 2 is 1.94 bits per heavy atom. The number of hydrogen-bond donors (Lipinski definition) is 2. The van der Waals surface area contributed by atoms with E-state index in [1.54, 1.807) is 43.8 Å². The van der Waals surface area contributed by atoms with E-state index in [9.17, 15) is 14.0 Å². The lowest BCUT2D eigenvalue weighted by Crippen LogP contribution is -2.35. The molecule has 0 aliphatic carbocycles. The SMILES string of the molecule is COc1ccc2[nH]c(=O)c(CN(Cc3cccnc3)C(=O)Nc3ccc(F)cc3)cc2c1. The second-order valence-electron chi connectivity index (χ2n) is 7.23. The normalized spacial score (nSPS) is 10.7. The molecule has 0 unspecified atom stereocenters. The van der Waals surface area contributed by atoms with Crippen molar-refractivity contribution in [2.75, 3.05) is 12.4 Å². The van der Waals surface area contributed by atoms with Crippen molar-refractivity contribution in [3.63, 3.8) is 0 Å². The molecule has 4 rings (SSSR count). The molecule has 2 heterocycles. The number of urea groups is 1. The highest BCUT2D eigenvalue weighted by Crippen LogP contribution is 2.20. The summed E-state index contributed by atoms with van der Waals surface area (Å²) >= 11 is 0. The Labute approximate surface area is 183 Å². The van der Waals surface area contributed by atoms with Crippen LogP contribution in [0.2, 0.25) is 0 Å². The Kier molecular flexibility index (Phi) is 6.12. The number of carbonyl (C=O) groups excluding carboxylic acids is 1. The summed E-state index contributed by atoms with van der Waals surface area (Å²) in [4.78, 5) is 34.2. The van der Waals surface area contributed by atoms with Gasteiger partial charge in [-0.2, -0.15) is 0 Å². The highest BCUT2D eigenvalue weighted by molar-refractivity contribution is 5.89. The summed E-state index contributed by atoms with van der Waals surface area (Å²) < 4.78 is 18.5. The van der Waals surface area contributed by atoms with Crippen LogP contribution in [0.4, 0.5) is 14.9 Å². The maximum Gasteiger partial charge on any atom is 0.322 e. The highest BCUT2D eigenvalue weighted by Gasteiger charge is 2.17. The fourth-order valence-electron chi connectivity index (χ4n) is 3.33. The molecule has 0 fully saturated rings. The molecule has 0 aliphatic heterocycles. The fourth-order valence-corrected chi connectivity index (χ4v) is 3.33. The lowest BCUT2D eigenvalue weighted by Gasteiger charge is -2.23. The molecule has 32 heavy (non-hydrogen) atoms. The van der Waals surface area contributed by atoms with Crippen LogP contribution in [-0.2, 0) is 13.1 Å². The minimum atomic E-state index is -0.425. The third kappa shape index (κ3) is 4.92. The summed E-state index contributed by atoms with van der Waals surface area (Å²) in [6.07, 6.45) is 3.31. The van der Waals surface area contributed by atoms with E-state index in [4.69, 9.17) is 4.74 Å². The van der Waals surface area contributed by atoms with Gasteiger partial charge in [-0.3, -0.25) is 9.78 Å². The van der Waals surface area contributed by atoms with Gasteiger partial charge in [0.2, 0.25) is 0 Å². The molecule has 2 aromatic carbocycles. The zero-order valence-electron chi connectivity index (χ0n) is 17.3. The monoisotopic (exact) mass is 432 g/mol. The van der Waals surface area contributed by atoms with Crippen LogP contribution in [-0.4, -0.2) is 28.0 Å². The molecule has 0 saturated heterocycles. The number of anilines is 1. The second-order valence-corrected chi connectivity index (χ2v) is 7.23. The maximum absolute atomic E-state index is 13.2. The summed E-state index contributed by atoms with van der Waals surface area (Å²) in [5, 5.41) is 3.54. The van der Waals surface area contributed by atoms with Crippen LogP contribution < -0.4 is 15.6 Å². The first-order chi connectivity index (χ1) is 15.5. The first-order valence-corrected chi connectivity index (χ1v) is 9.92. The first-order valence-electron chi connectivity index (χ1n) is 9.92. The molecule has 2 N–H and O–H groups in total. The summed E-state index contributed by atoms with van der Waals surface area (Å²) in [7, 11) is 1.57. The van der Waals surface area contributed by atoms with Gasteiger partial charge < -0.3 is 19.9 Å². The number of pyridine rings is 2. The van der Waals surface area contributed by atoms with E-state index in [2.05, 4.69) is 15.3 Å². The molecule has 0 spiro atoms. The standard InChI is InChI=1S/C24H21FN4O3/c1-32-21-8-9-22-17(12-21)11-18(23(30)28-22)15-29(14-16-3-2-10-26-13-16)24(31)27-20-6-4-19(25)5-7-20/h2-13H,14-15H2,1H3,(H,27,31)(H,28,30). The van der Waals surface area contributed by atoms with Crippen LogP contribution in [0.1, 0.15) is 11.1 Å². The molecular weight excluding hydrogens is 411 g/mol. The quantitative estimate of drug-likeness (QED) is 0.475. The molecule has 2 amide bonds. The van der Waals surface area contributed by atoms with Gasteiger partial charge in [0.1, 0.15) is 11.6 Å². The van der Waals surface area contributed by atoms with Gasteiger partial charge in [0.05, 0.1) is 13.7 Å². The summed E-state index contributed by atoms with van der Waals surface area (Å²) in [5.74, 6) is 0.269. The Bertz CT molecular complexity index is 1290. The lowest BCUT2D eigenvalue weighted by molar-refractivity contribution is 0.206. The minimum absolute atomic E-state index is 0.0599. The van der Waals surface area contributed by atoms with E-state index < -0.39 is 11.8 Å². The molecule has 4 aromatic rings. The number of H-pyrrole nitrogens is 1. The van der Waals surface area contributed by atoms with Gasteiger partial charge in [0, 0.05) is 41.1 Å². The number of nitrogens with zero attached hydrogens (tertiary/aromatic N) is 2. The molecule has 0 atom stereocenters. The fraction of sp³-hybridized carbons (Fsp3) is 0.125. The predicted octanol–water partition coefficient (Wildman–Crippen LogP) is 4.31. The van der Waals surface area contributed by atoms with E-state index in [-0.39, 0.29) is 18.6 Å². The number of rotatable bonds is 6. The minimum Gasteiger partial charge on any atom is -0.497 e. The summed E-state index contributed by atoms with van der Waals surface area (Å²) in [5.41, 5.74) is 2.07. The first kappa shape index (κ1) is 21.0. The molecule has 2 aromatic heterocycles. The number of ether oxygens (including phenoxy) is 1. The Morgan fingerprint density at radius 1 is 1.12 bits per heavy atom. The van der Waals surface area contributed by atoms with Gasteiger partial charge in [-0.05, 0) is 60.2 Å². The number of amides is 2. The predicted molar refractivity (Wildman–Crippen MR) is 120 cm³/mol. The van der Waals surface area contributed by atoms with E-state index in [0.717, 1.165) is 10.9 Å². The van der Waals surface area contributed by atoms with Crippen molar-refractivity contribution in [2.24, 2.45) is 0 Å². The van der Waals surface area contributed by atoms with Crippen molar-refractivity contribution in [1.29, 1.82) is 0 Å². The number of aromatic nitrogens is 2. The van der Waals surface area contributed by atoms with Crippen LogP contribution in [0.3, 0.4) is 0 Å². The second kappa shape index (κ2) is 9.30. The highest BCUT2D eigenvalue weighted by atomic mass is 19.1. The van der Waals surface area contributed by atoms with E-state index in [1.807, 2.05) is 12.1 Å². The molecule has 0 radical (unpaired) electrons. The molecule has 7 nitrogen and oxygen atoms in total. The van der Waals surface area contributed by atoms with Crippen molar-refractivity contribution >= 4 is 22.6 Å². The number of fused-ring (bicyclic) bond motifs is 1. The van der Waals surface area contributed by atoms with Crippen LogP contribution in [0.15, 0.2) is 77.9 Å². The average molecular weight is 432 g/mol. The number of methoxy groups -OCH3 is 1. The molecule has 0 saturated carbocycles. The third-order valence-electron chi connectivity index (χ3n) is 4.97. The zero-order chi connectivity index (χ0) is 22.5. The van der Waals surface area contributed by atoms with Crippen molar-refractivity contribution in [3.8, 4) is 5.75 Å². The van der Waals surface area contributed by atoms with Crippen LogP contribution in [0.5, 0.6) is 5.75 Å². The Hall–Kier alpha value is -4.20. The van der Waals surface area contributed by atoms with Gasteiger partial charge in [-0.15, -0.1) is 0 Å². The van der Waals surface area contributed by atoms with Gasteiger partial charge >= 0.3 is 6.03 Å². The van der Waals surface area contributed by atoms with E-state index in [0.29, 0.717) is 22.5 Å². The van der Waals surface area contributed by atoms with Gasteiger partial charge in [-0.25, -0.2) is 9.18 Å². The topological polar surface area (TPSA) is 87.3 Å². The van der Waals surface area contributed by atoms with Crippen LogP contribution >= 0.6 is 0 Å². The number of hydrogen-bond acceptors (Lipinski definition) is 4. The molecule has 8 heteroatoms. The Morgan fingerprint density at radius 3 is 2.66 bits per heavy atom. The largest absolute Gasteiger partial charge is 0.497 e. The summed E-state index contributed by atoms with van der Waals surface area (Å²) in [6, 6.07) is 15.8. The number of halogens is 1. The number of aromatic amines is 1. The number of benzene rings is 2. The maximum atomic E-state index is 13.2. The number of carbonyl (C=O) groups is 1. The summed E-state index contributed by atoms with van der Waals surface area (Å²) in [6.45, 7) is 0.293. The van der Waals surface area contributed by atoms with E-state index >= 15 is 0 Å². The van der Waals surface area contributed by atoms with Crippen molar-refractivity contribution in [2.45, 2.75) is 13.1 Å². The van der Waals surface area contributed by atoms with E-state index in [1.165, 1.54) is 29.2 Å². The van der Waals surface area contributed by atoms with Crippen LogP contribution in [0, 0.1) is 5.82 Å². The van der Waals surface area contributed by atoms with Crippen molar-refractivity contribution in [1.82, 2.24) is 14.9 Å². The average Bonchev–Trinajstić information content (AvgIpc) is 2.81. The van der Waals surface area contributed by atoms with Gasteiger partial charge in [-0.1, -0.05) is 6.07 Å². The van der Waals surface area contributed by atoms with Gasteiger partial charge in [0.25, 0.3) is 5.56 Å². The lowest BCUT2D eigenvalue weighted by atomic mass is 10.1. The molecular formula is C24H21FN4O3. The molecule has 0 bridgehead atoms. The van der Waals surface area contributed by atoms with Crippen molar-refractivity contribution < 1.29 is 13.9 Å². The number of nitrogens with one attached hydrogen (secondary N) is 2. The smallest absolute Gasteiger partial charge is 0.322 e.